The monoisotopic (exact) mass is 266 g/mol. The molecule has 0 unspecified atom stereocenters. The van der Waals surface area contributed by atoms with Gasteiger partial charge < -0.3 is 4.79 Å². The van der Waals surface area contributed by atoms with E-state index in [0.29, 0.717) is 6.29 Å². The Labute approximate surface area is 109 Å². The van der Waals surface area contributed by atoms with Crippen LogP contribution in [0.3, 0.4) is 0 Å². The van der Waals surface area contributed by atoms with Gasteiger partial charge in [-0.1, -0.05) is 25.1 Å². The number of carbonyl (C=O) groups excluding carboxylic acids is 1. The van der Waals surface area contributed by atoms with Crippen molar-refractivity contribution in [3.63, 3.8) is 0 Å². The van der Waals surface area contributed by atoms with Crippen molar-refractivity contribution in [2.75, 3.05) is 0 Å². The van der Waals surface area contributed by atoms with Gasteiger partial charge in [-0.2, -0.15) is 0 Å². The molecule has 0 aromatic heterocycles. The molecule has 0 heterocycles. The Balaban J connectivity index is 3.29. The molecule has 1 rings (SSSR count). The zero-order chi connectivity index (χ0) is 14.4. The van der Waals surface area contributed by atoms with Gasteiger partial charge in [-0.3, -0.25) is 20.2 Å². The fourth-order valence-corrected chi connectivity index (χ4v) is 2.14. The van der Waals surface area contributed by atoms with Crippen LogP contribution in [0.25, 0.3) is 0 Å². The van der Waals surface area contributed by atoms with Gasteiger partial charge in [0.15, 0.2) is 0 Å². The lowest BCUT2D eigenvalue weighted by molar-refractivity contribution is -0.527. The number of nitrogens with zero attached hydrogens (tertiary/aromatic N) is 2. The zero-order valence-electron chi connectivity index (χ0n) is 10.4. The van der Waals surface area contributed by atoms with E-state index in [0.717, 1.165) is 0 Å². The lowest BCUT2D eigenvalue weighted by atomic mass is 9.87. The summed E-state index contributed by atoms with van der Waals surface area (Å²) in [5, 5.41) is 22.0. The second-order valence-corrected chi connectivity index (χ2v) is 4.09. The largest absolute Gasteiger partial charge is 0.303 e. The summed E-state index contributed by atoms with van der Waals surface area (Å²) in [5.41, 5.74) is 0.0535. The van der Waals surface area contributed by atoms with Gasteiger partial charge in [0.25, 0.3) is 5.69 Å². The second-order valence-electron chi connectivity index (χ2n) is 4.09. The highest BCUT2D eigenvalue weighted by atomic mass is 16.6. The van der Waals surface area contributed by atoms with Crippen LogP contribution in [0.4, 0.5) is 5.69 Å². The van der Waals surface area contributed by atoms with Gasteiger partial charge in [0, 0.05) is 29.4 Å². The number of aldehydes is 1. The molecule has 0 bridgehead atoms. The predicted molar refractivity (Wildman–Crippen MR) is 67.6 cm³/mol. The molecule has 0 saturated heterocycles. The van der Waals surface area contributed by atoms with Crippen LogP contribution in [-0.2, 0) is 4.79 Å². The lowest BCUT2D eigenvalue weighted by Gasteiger charge is -2.18. The van der Waals surface area contributed by atoms with Crippen molar-refractivity contribution in [3.05, 3.63) is 50.1 Å². The number of nitro groups is 2. The predicted octanol–water partition coefficient (Wildman–Crippen LogP) is 2.32. The molecule has 19 heavy (non-hydrogen) atoms. The van der Waals surface area contributed by atoms with Crippen molar-refractivity contribution in [3.8, 4) is 0 Å². The Morgan fingerprint density at radius 3 is 2.37 bits per heavy atom. The minimum atomic E-state index is -1.01. The SMILES string of the molecule is CC[C@@H]([C@H](CC=O)c1ccccc1[N+](=O)[O-])[N+](=O)[O-]. The van der Waals surface area contributed by atoms with E-state index in [1.807, 2.05) is 0 Å². The maximum atomic E-state index is 11.0. The summed E-state index contributed by atoms with van der Waals surface area (Å²) >= 11 is 0. The van der Waals surface area contributed by atoms with Gasteiger partial charge in [0.05, 0.1) is 10.8 Å². The fourth-order valence-electron chi connectivity index (χ4n) is 2.14. The van der Waals surface area contributed by atoms with Crippen LogP contribution >= 0.6 is 0 Å². The molecule has 0 aliphatic carbocycles. The smallest absolute Gasteiger partial charge is 0.273 e. The van der Waals surface area contributed by atoms with Crippen molar-refractivity contribution < 1.29 is 14.6 Å². The van der Waals surface area contributed by atoms with Crippen LogP contribution < -0.4 is 0 Å². The average Bonchev–Trinajstić information content (AvgIpc) is 2.38. The van der Waals surface area contributed by atoms with Crippen molar-refractivity contribution in [2.24, 2.45) is 0 Å². The van der Waals surface area contributed by atoms with Crippen molar-refractivity contribution in [1.29, 1.82) is 0 Å². The van der Waals surface area contributed by atoms with E-state index in [4.69, 9.17) is 0 Å². The minimum absolute atomic E-state index is 0.107. The topological polar surface area (TPSA) is 103 Å². The first-order chi connectivity index (χ1) is 9.02. The van der Waals surface area contributed by atoms with E-state index in [1.54, 1.807) is 13.0 Å². The van der Waals surface area contributed by atoms with E-state index >= 15 is 0 Å². The Bertz CT molecular complexity index is 489. The normalized spacial score (nSPS) is 13.5. The maximum Gasteiger partial charge on any atom is 0.273 e. The van der Waals surface area contributed by atoms with Crippen molar-refractivity contribution >= 4 is 12.0 Å². The molecule has 0 amide bonds. The van der Waals surface area contributed by atoms with Crippen molar-refractivity contribution in [2.45, 2.75) is 31.7 Å². The molecule has 0 N–H and O–H groups in total. The first-order valence-electron chi connectivity index (χ1n) is 5.83. The molecule has 0 aliphatic rings. The third-order valence-corrected chi connectivity index (χ3v) is 3.04. The van der Waals surface area contributed by atoms with Crippen LogP contribution in [0.5, 0.6) is 0 Å². The molecule has 102 valence electrons. The highest BCUT2D eigenvalue weighted by molar-refractivity contribution is 5.54. The quantitative estimate of drug-likeness (QED) is 0.428. The van der Waals surface area contributed by atoms with Gasteiger partial charge in [0.1, 0.15) is 6.29 Å². The molecule has 2 atom stereocenters. The summed E-state index contributed by atoms with van der Waals surface area (Å²) in [6.45, 7) is 1.63. The number of rotatable bonds is 7. The lowest BCUT2D eigenvalue weighted by Crippen LogP contribution is -2.27. The zero-order valence-corrected chi connectivity index (χ0v) is 10.4. The van der Waals surface area contributed by atoms with Crippen LogP contribution in [0, 0.1) is 20.2 Å². The molecule has 0 fully saturated rings. The number of hydrogen-bond acceptors (Lipinski definition) is 5. The Hall–Kier alpha value is -2.31. The molecular weight excluding hydrogens is 252 g/mol. The first-order valence-corrected chi connectivity index (χ1v) is 5.83. The summed E-state index contributed by atoms with van der Waals surface area (Å²) in [6.07, 6.45) is 0.662. The Morgan fingerprint density at radius 1 is 1.26 bits per heavy atom. The highest BCUT2D eigenvalue weighted by Gasteiger charge is 2.34. The molecule has 0 saturated carbocycles. The maximum absolute atomic E-state index is 11.0. The van der Waals surface area contributed by atoms with E-state index in [-0.39, 0.29) is 24.1 Å². The number of para-hydroxylation sites is 1. The molecule has 0 radical (unpaired) electrons. The number of nitro benzene ring substituents is 1. The van der Waals surface area contributed by atoms with Crippen LogP contribution in [-0.4, -0.2) is 22.2 Å². The molecular formula is C12H14N2O5. The van der Waals surface area contributed by atoms with E-state index in [9.17, 15) is 25.0 Å². The van der Waals surface area contributed by atoms with Gasteiger partial charge >= 0.3 is 0 Å². The fraction of sp³-hybridized carbons (Fsp3) is 0.417. The minimum Gasteiger partial charge on any atom is -0.303 e. The molecule has 7 heteroatoms. The van der Waals surface area contributed by atoms with Crippen molar-refractivity contribution in [1.82, 2.24) is 0 Å². The standard InChI is InChI=1S/C12H14N2O5/c1-2-11(13(16)17)10(7-8-15)9-5-3-4-6-12(9)14(18)19/h3-6,8,10-11H,2,7H2,1H3/t10-,11+/m1/s1. The first kappa shape index (κ1) is 14.7. The van der Waals surface area contributed by atoms with Gasteiger partial charge in [0.2, 0.25) is 6.04 Å². The van der Waals surface area contributed by atoms with E-state index < -0.39 is 21.8 Å². The summed E-state index contributed by atoms with van der Waals surface area (Å²) in [4.78, 5) is 31.6. The average molecular weight is 266 g/mol. The number of benzene rings is 1. The molecule has 0 aliphatic heterocycles. The number of carbonyl (C=O) groups is 1. The highest BCUT2D eigenvalue weighted by Crippen LogP contribution is 2.32. The van der Waals surface area contributed by atoms with E-state index in [2.05, 4.69) is 0 Å². The van der Waals surface area contributed by atoms with Gasteiger partial charge in [-0.05, 0) is 0 Å². The third-order valence-electron chi connectivity index (χ3n) is 3.04. The molecule has 1 aromatic carbocycles. The summed E-state index contributed by atoms with van der Waals surface area (Å²) in [6, 6.07) is 4.82. The third kappa shape index (κ3) is 3.34. The summed E-state index contributed by atoms with van der Waals surface area (Å²) in [7, 11) is 0. The van der Waals surface area contributed by atoms with Crippen LogP contribution in [0.15, 0.2) is 24.3 Å². The second kappa shape index (κ2) is 6.58. The van der Waals surface area contributed by atoms with Gasteiger partial charge in [-0.15, -0.1) is 0 Å². The molecule has 7 nitrogen and oxygen atoms in total. The number of hydrogen-bond donors (Lipinski definition) is 0. The van der Waals surface area contributed by atoms with Crippen LogP contribution in [0.2, 0.25) is 0 Å². The molecule has 1 aromatic rings. The Kier molecular flexibility index (Phi) is 5.11. The summed E-state index contributed by atoms with van der Waals surface area (Å²) in [5.74, 6) is -0.779. The van der Waals surface area contributed by atoms with Crippen LogP contribution in [0.1, 0.15) is 31.2 Å². The Morgan fingerprint density at radius 2 is 1.89 bits per heavy atom. The molecule has 0 spiro atoms. The summed E-state index contributed by atoms with van der Waals surface area (Å²) < 4.78 is 0. The van der Waals surface area contributed by atoms with E-state index in [1.165, 1.54) is 18.2 Å². The van der Waals surface area contributed by atoms with Gasteiger partial charge in [-0.25, -0.2) is 0 Å².